The van der Waals surface area contributed by atoms with Gasteiger partial charge in [0.05, 0.1) is 11.9 Å². The lowest BCUT2D eigenvalue weighted by atomic mass is 10.3. The van der Waals surface area contributed by atoms with Gasteiger partial charge in [-0.25, -0.2) is 0 Å². The minimum Gasteiger partial charge on any atom is -0.397 e. The van der Waals surface area contributed by atoms with Crippen LogP contribution in [0.5, 0.6) is 0 Å². The Morgan fingerprint density at radius 1 is 1.69 bits per heavy atom. The standard InChI is InChI=1S/C10H12N4OS/c1-14(6-7-4-12-13-5-7)10(15)9-8(11)2-3-16-9/h2-5H,6,11H2,1H3,(H,12,13). The third-order valence-corrected chi connectivity index (χ3v) is 3.13. The fraction of sp³-hybridized carbons (Fsp3) is 0.200. The van der Waals surface area contributed by atoms with Gasteiger partial charge in [-0.2, -0.15) is 5.10 Å². The number of amides is 1. The Labute approximate surface area is 96.9 Å². The molecular weight excluding hydrogens is 224 g/mol. The summed E-state index contributed by atoms with van der Waals surface area (Å²) in [7, 11) is 1.74. The summed E-state index contributed by atoms with van der Waals surface area (Å²) in [5.41, 5.74) is 7.20. The third-order valence-electron chi connectivity index (χ3n) is 2.21. The first-order chi connectivity index (χ1) is 7.68. The first-order valence-electron chi connectivity index (χ1n) is 4.74. The molecule has 1 amide bonds. The van der Waals surface area contributed by atoms with Gasteiger partial charge >= 0.3 is 0 Å². The van der Waals surface area contributed by atoms with Crippen molar-refractivity contribution < 1.29 is 4.79 Å². The first kappa shape index (κ1) is 10.7. The quantitative estimate of drug-likeness (QED) is 0.844. The zero-order valence-electron chi connectivity index (χ0n) is 8.80. The predicted octanol–water partition coefficient (Wildman–Crippen LogP) is 1.33. The monoisotopic (exact) mass is 236 g/mol. The Bertz CT molecular complexity index is 477. The van der Waals surface area contributed by atoms with Crippen molar-refractivity contribution in [3.8, 4) is 0 Å². The molecule has 0 spiro atoms. The summed E-state index contributed by atoms with van der Waals surface area (Å²) in [5, 5.41) is 8.35. The topological polar surface area (TPSA) is 75.0 Å². The minimum absolute atomic E-state index is 0.0614. The van der Waals surface area contributed by atoms with E-state index in [1.165, 1.54) is 11.3 Å². The summed E-state index contributed by atoms with van der Waals surface area (Å²) in [6.07, 6.45) is 3.46. The van der Waals surface area contributed by atoms with E-state index in [-0.39, 0.29) is 5.91 Å². The lowest BCUT2D eigenvalue weighted by molar-refractivity contribution is 0.0791. The minimum atomic E-state index is -0.0614. The Balaban J connectivity index is 2.08. The van der Waals surface area contributed by atoms with Gasteiger partial charge in [0.2, 0.25) is 0 Å². The second-order valence-electron chi connectivity index (χ2n) is 3.47. The predicted molar refractivity (Wildman–Crippen MR) is 63.1 cm³/mol. The van der Waals surface area contributed by atoms with Crippen LogP contribution >= 0.6 is 11.3 Å². The van der Waals surface area contributed by atoms with Gasteiger partial charge in [0.15, 0.2) is 0 Å². The molecule has 5 nitrogen and oxygen atoms in total. The van der Waals surface area contributed by atoms with Gasteiger partial charge < -0.3 is 10.6 Å². The Hall–Kier alpha value is -1.82. The Kier molecular flexibility index (Phi) is 2.91. The highest BCUT2D eigenvalue weighted by molar-refractivity contribution is 7.12. The highest BCUT2D eigenvalue weighted by Crippen LogP contribution is 2.20. The maximum Gasteiger partial charge on any atom is 0.266 e. The number of hydrogen-bond acceptors (Lipinski definition) is 4. The van der Waals surface area contributed by atoms with E-state index < -0.39 is 0 Å². The number of rotatable bonds is 3. The molecule has 2 rings (SSSR count). The van der Waals surface area contributed by atoms with Crippen molar-refractivity contribution in [2.24, 2.45) is 0 Å². The molecule has 0 aliphatic heterocycles. The van der Waals surface area contributed by atoms with Crippen LogP contribution in [0.15, 0.2) is 23.8 Å². The molecule has 2 aromatic rings. The maximum absolute atomic E-state index is 12.0. The molecular formula is C10H12N4OS. The van der Waals surface area contributed by atoms with E-state index in [0.717, 1.165) is 5.56 Å². The molecule has 16 heavy (non-hydrogen) atoms. The maximum atomic E-state index is 12.0. The van der Waals surface area contributed by atoms with Crippen molar-refractivity contribution in [2.75, 3.05) is 12.8 Å². The van der Waals surface area contributed by atoms with E-state index in [2.05, 4.69) is 10.2 Å². The number of nitrogens with one attached hydrogen (secondary N) is 1. The summed E-state index contributed by atoms with van der Waals surface area (Å²) in [5.74, 6) is -0.0614. The molecule has 0 fully saturated rings. The highest BCUT2D eigenvalue weighted by atomic mass is 32.1. The number of aromatic nitrogens is 2. The van der Waals surface area contributed by atoms with Crippen LogP contribution in [0, 0.1) is 0 Å². The number of carbonyl (C=O) groups excluding carboxylic acids is 1. The molecule has 84 valence electrons. The Morgan fingerprint density at radius 3 is 3.06 bits per heavy atom. The number of anilines is 1. The van der Waals surface area contributed by atoms with Crippen LogP contribution < -0.4 is 5.73 Å². The van der Waals surface area contributed by atoms with Gasteiger partial charge in [0.25, 0.3) is 5.91 Å². The third kappa shape index (κ3) is 2.06. The van der Waals surface area contributed by atoms with Crippen molar-refractivity contribution in [1.82, 2.24) is 15.1 Å². The molecule has 0 aliphatic rings. The number of nitrogens with zero attached hydrogens (tertiary/aromatic N) is 2. The summed E-state index contributed by atoms with van der Waals surface area (Å²) in [6, 6.07) is 1.74. The zero-order chi connectivity index (χ0) is 11.5. The average molecular weight is 236 g/mol. The molecule has 0 unspecified atom stereocenters. The van der Waals surface area contributed by atoms with E-state index in [1.54, 1.807) is 30.4 Å². The van der Waals surface area contributed by atoms with E-state index in [4.69, 9.17) is 5.73 Å². The molecule has 0 bridgehead atoms. The molecule has 0 aliphatic carbocycles. The Morgan fingerprint density at radius 2 is 2.50 bits per heavy atom. The van der Waals surface area contributed by atoms with Crippen molar-refractivity contribution in [1.29, 1.82) is 0 Å². The van der Waals surface area contributed by atoms with Crippen LogP contribution in [0.2, 0.25) is 0 Å². The number of aromatic amines is 1. The van der Waals surface area contributed by atoms with Crippen LogP contribution in [-0.4, -0.2) is 28.1 Å². The second-order valence-corrected chi connectivity index (χ2v) is 4.39. The van der Waals surface area contributed by atoms with Crippen molar-refractivity contribution in [3.63, 3.8) is 0 Å². The fourth-order valence-electron chi connectivity index (χ4n) is 1.38. The van der Waals surface area contributed by atoms with Gasteiger partial charge in [-0.15, -0.1) is 11.3 Å². The number of thiophene rings is 1. The number of carbonyl (C=O) groups is 1. The summed E-state index contributed by atoms with van der Waals surface area (Å²) < 4.78 is 0. The van der Waals surface area contributed by atoms with E-state index in [0.29, 0.717) is 17.1 Å². The molecule has 0 aromatic carbocycles. The van der Waals surface area contributed by atoms with Crippen molar-refractivity contribution in [3.05, 3.63) is 34.3 Å². The molecule has 6 heteroatoms. The summed E-state index contributed by atoms with van der Waals surface area (Å²) >= 11 is 1.36. The molecule has 0 atom stereocenters. The van der Waals surface area contributed by atoms with Crippen LogP contribution in [0.4, 0.5) is 5.69 Å². The average Bonchev–Trinajstić information content (AvgIpc) is 2.88. The first-order valence-corrected chi connectivity index (χ1v) is 5.62. The molecule has 0 saturated heterocycles. The van der Waals surface area contributed by atoms with Crippen molar-refractivity contribution in [2.45, 2.75) is 6.54 Å². The summed E-state index contributed by atoms with van der Waals surface area (Å²) in [4.78, 5) is 14.2. The second kappa shape index (κ2) is 4.36. The van der Waals surface area contributed by atoms with Crippen LogP contribution in [0.3, 0.4) is 0 Å². The fourth-order valence-corrected chi connectivity index (χ4v) is 2.19. The van der Waals surface area contributed by atoms with Crippen LogP contribution in [-0.2, 0) is 6.54 Å². The number of hydrogen-bond donors (Lipinski definition) is 2. The van der Waals surface area contributed by atoms with Gasteiger partial charge in [-0.1, -0.05) is 0 Å². The normalized spacial score (nSPS) is 10.3. The number of H-pyrrole nitrogens is 1. The van der Waals surface area contributed by atoms with Gasteiger partial charge in [0, 0.05) is 25.4 Å². The lowest BCUT2D eigenvalue weighted by Crippen LogP contribution is -2.25. The largest absolute Gasteiger partial charge is 0.397 e. The molecule has 2 aromatic heterocycles. The highest BCUT2D eigenvalue weighted by Gasteiger charge is 2.16. The van der Waals surface area contributed by atoms with Crippen molar-refractivity contribution >= 4 is 22.9 Å². The lowest BCUT2D eigenvalue weighted by Gasteiger charge is -2.15. The van der Waals surface area contributed by atoms with E-state index in [9.17, 15) is 4.79 Å². The SMILES string of the molecule is CN(Cc1cn[nH]c1)C(=O)c1sccc1N. The van der Waals surface area contributed by atoms with E-state index in [1.807, 2.05) is 5.38 Å². The van der Waals surface area contributed by atoms with Crippen LogP contribution in [0.25, 0.3) is 0 Å². The molecule has 2 heterocycles. The molecule has 0 saturated carbocycles. The van der Waals surface area contributed by atoms with Gasteiger partial charge in [-0.3, -0.25) is 9.89 Å². The smallest absolute Gasteiger partial charge is 0.266 e. The van der Waals surface area contributed by atoms with E-state index >= 15 is 0 Å². The van der Waals surface area contributed by atoms with Gasteiger partial charge in [-0.05, 0) is 11.4 Å². The molecule has 3 N–H and O–H groups in total. The van der Waals surface area contributed by atoms with Crippen LogP contribution in [0.1, 0.15) is 15.2 Å². The van der Waals surface area contributed by atoms with Gasteiger partial charge in [0.1, 0.15) is 4.88 Å². The summed E-state index contributed by atoms with van der Waals surface area (Å²) in [6.45, 7) is 0.521. The zero-order valence-corrected chi connectivity index (χ0v) is 9.62. The molecule has 0 radical (unpaired) electrons. The number of nitrogens with two attached hydrogens (primary N) is 1. The number of nitrogen functional groups attached to an aromatic ring is 1.